The van der Waals surface area contributed by atoms with Crippen LogP contribution in [0, 0.1) is 5.82 Å². The van der Waals surface area contributed by atoms with E-state index in [0.29, 0.717) is 12.0 Å². The Kier molecular flexibility index (Phi) is 4.26. The second kappa shape index (κ2) is 7.35. The van der Waals surface area contributed by atoms with Gasteiger partial charge in [-0.3, -0.25) is 14.5 Å². The van der Waals surface area contributed by atoms with Crippen molar-refractivity contribution in [3.05, 3.63) is 59.7 Å². The number of aldehydes is 1. The van der Waals surface area contributed by atoms with Gasteiger partial charge < -0.3 is 9.84 Å². The highest BCUT2D eigenvalue weighted by atomic mass is 19.1. The molecule has 0 spiro atoms. The number of rotatable bonds is 6. The summed E-state index contributed by atoms with van der Waals surface area (Å²) in [6, 6.07) is 6.53. The number of carbonyl (C=O) groups excluding carboxylic acids is 1. The van der Waals surface area contributed by atoms with Gasteiger partial charge in [-0.25, -0.2) is 4.39 Å². The maximum Gasteiger partial charge on any atom is 0.157 e. The predicted molar refractivity (Wildman–Crippen MR) is 93.6 cm³/mol. The van der Waals surface area contributed by atoms with Gasteiger partial charge in [0, 0.05) is 18.4 Å². The fourth-order valence-electron chi connectivity index (χ4n) is 2.49. The summed E-state index contributed by atoms with van der Waals surface area (Å²) in [5, 5.41) is 14.0. The molecule has 0 atom stereocenters. The van der Waals surface area contributed by atoms with Crippen molar-refractivity contribution in [3.63, 3.8) is 0 Å². The summed E-state index contributed by atoms with van der Waals surface area (Å²) in [5.74, 6) is -1.45. The Morgan fingerprint density at radius 3 is 2.88 bits per heavy atom. The summed E-state index contributed by atoms with van der Waals surface area (Å²) in [6.45, 7) is 1.07. The summed E-state index contributed by atoms with van der Waals surface area (Å²) in [6.07, 6.45) is 3.09. The highest BCUT2D eigenvalue weighted by molar-refractivity contribution is 5.83. The minimum Gasteiger partial charge on any atom is -0.507 e. The van der Waals surface area contributed by atoms with Gasteiger partial charge in [0.25, 0.3) is 0 Å². The van der Waals surface area contributed by atoms with Crippen molar-refractivity contribution in [2.45, 2.75) is 26.4 Å². The Morgan fingerprint density at radius 1 is 1.35 bits per heavy atom. The molecule has 3 aromatic rings. The second-order valence-corrected chi connectivity index (χ2v) is 5.78. The van der Waals surface area contributed by atoms with Crippen LogP contribution in [0.5, 0.6) is 11.5 Å². The molecule has 0 saturated carbocycles. The first-order chi connectivity index (χ1) is 13.3. The van der Waals surface area contributed by atoms with E-state index in [2.05, 4.69) is 10.1 Å². The molecule has 0 fully saturated rings. The summed E-state index contributed by atoms with van der Waals surface area (Å²) < 4.78 is 38.4. The third-order valence-electron chi connectivity index (χ3n) is 3.73. The Morgan fingerprint density at radius 2 is 2.15 bits per heavy atom. The van der Waals surface area contributed by atoms with Crippen LogP contribution in [-0.2, 0) is 6.56 Å². The number of aromatic nitrogens is 3. The van der Waals surface area contributed by atoms with Crippen LogP contribution < -0.4 is 4.74 Å². The smallest absolute Gasteiger partial charge is 0.157 e. The van der Waals surface area contributed by atoms with Gasteiger partial charge in [-0.1, -0.05) is 6.07 Å². The van der Waals surface area contributed by atoms with Crippen LogP contribution in [-0.4, -0.2) is 26.2 Å². The Balaban J connectivity index is 2.14. The number of ether oxygens (including phenoxy) is 1. The number of phenols is 1. The lowest BCUT2D eigenvalue weighted by Gasteiger charge is -2.15. The summed E-state index contributed by atoms with van der Waals surface area (Å²) >= 11 is 0. The van der Waals surface area contributed by atoms with Gasteiger partial charge in [0.1, 0.15) is 23.9 Å². The van der Waals surface area contributed by atoms with E-state index < -0.39 is 17.9 Å². The topological polar surface area (TPSA) is 77.2 Å². The molecule has 2 aromatic heterocycles. The fraction of sp³-hybridized carbons (Fsp3) is 0.211. The molecular weight excluding hydrogens is 337 g/mol. The molecule has 3 rings (SSSR count). The number of hydrogen-bond donors (Lipinski definition) is 1. The second-order valence-electron chi connectivity index (χ2n) is 5.78. The molecule has 134 valence electrons. The molecular formula is C19H18FN3O3. The van der Waals surface area contributed by atoms with E-state index in [1.807, 2.05) is 13.8 Å². The molecule has 6 nitrogen and oxygen atoms in total. The van der Waals surface area contributed by atoms with Crippen LogP contribution in [0.25, 0.3) is 11.4 Å². The fourth-order valence-corrected chi connectivity index (χ4v) is 2.49. The Labute approximate surface area is 152 Å². The van der Waals surface area contributed by atoms with Crippen molar-refractivity contribution in [2.75, 3.05) is 0 Å². The van der Waals surface area contributed by atoms with Crippen LogP contribution in [0.1, 0.15) is 38.6 Å². The number of benzene rings is 1. The third-order valence-corrected chi connectivity index (χ3v) is 3.73. The van der Waals surface area contributed by atoms with Gasteiger partial charge in [0.2, 0.25) is 0 Å². The Bertz CT molecular complexity index is 1020. The minimum atomic E-state index is -2.69. The lowest BCUT2D eigenvalue weighted by Crippen LogP contribution is -2.09. The van der Waals surface area contributed by atoms with Gasteiger partial charge in [0.15, 0.2) is 6.29 Å². The van der Waals surface area contributed by atoms with Crippen LogP contribution in [0.15, 0.2) is 42.7 Å². The predicted octanol–water partition coefficient (Wildman–Crippen LogP) is 3.76. The van der Waals surface area contributed by atoms with Crippen molar-refractivity contribution in [1.29, 1.82) is 0 Å². The molecule has 0 aliphatic rings. The van der Waals surface area contributed by atoms with E-state index in [9.17, 15) is 14.3 Å². The monoisotopic (exact) mass is 357 g/mol. The zero-order valence-electron chi connectivity index (χ0n) is 16.2. The highest BCUT2D eigenvalue weighted by Gasteiger charge is 2.18. The molecule has 0 saturated heterocycles. The van der Waals surface area contributed by atoms with Gasteiger partial charge >= 0.3 is 0 Å². The molecule has 0 aliphatic heterocycles. The van der Waals surface area contributed by atoms with Gasteiger partial charge in [-0.05, 0) is 38.1 Å². The molecule has 0 amide bonds. The first-order valence-corrected chi connectivity index (χ1v) is 7.91. The van der Waals surface area contributed by atoms with E-state index in [-0.39, 0.29) is 28.8 Å². The van der Waals surface area contributed by atoms with Crippen LogP contribution in [0.2, 0.25) is 0 Å². The van der Waals surface area contributed by atoms with Gasteiger partial charge in [0.05, 0.1) is 25.3 Å². The molecule has 7 heteroatoms. The Hall–Kier alpha value is -3.22. The SMILES string of the molecule is [2H]C([2H])(Oc1cccc(O)c1C=O)c1c(F)ccnc1-c1ccnn1C(C)C. The van der Waals surface area contributed by atoms with Crippen molar-refractivity contribution >= 4 is 6.29 Å². The summed E-state index contributed by atoms with van der Waals surface area (Å²) in [4.78, 5) is 15.4. The van der Waals surface area contributed by atoms with Crippen molar-refractivity contribution in [3.8, 4) is 22.9 Å². The average molecular weight is 357 g/mol. The number of pyridine rings is 1. The molecule has 2 heterocycles. The van der Waals surface area contributed by atoms with Crippen LogP contribution in [0.4, 0.5) is 4.39 Å². The minimum absolute atomic E-state index is 0.0315. The zero-order valence-corrected chi connectivity index (χ0v) is 14.2. The molecule has 1 aromatic carbocycles. The van der Waals surface area contributed by atoms with Crippen molar-refractivity contribution in [2.24, 2.45) is 0 Å². The number of halogens is 1. The van der Waals surface area contributed by atoms with E-state index in [0.717, 1.165) is 6.07 Å². The van der Waals surface area contributed by atoms with Crippen molar-refractivity contribution in [1.82, 2.24) is 14.8 Å². The number of hydrogen-bond acceptors (Lipinski definition) is 5. The first kappa shape index (κ1) is 15.1. The molecule has 26 heavy (non-hydrogen) atoms. The first-order valence-electron chi connectivity index (χ1n) is 8.91. The average Bonchev–Trinajstić information content (AvgIpc) is 3.11. The maximum absolute atomic E-state index is 14.7. The van der Waals surface area contributed by atoms with Gasteiger partial charge in [-0.15, -0.1) is 0 Å². The van der Waals surface area contributed by atoms with Crippen molar-refractivity contribution < 1.29 is 21.8 Å². The molecule has 0 aliphatic carbocycles. The highest BCUT2D eigenvalue weighted by Crippen LogP contribution is 2.29. The van der Waals surface area contributed by atoms with Crippen LogP contribution in [0.3, 0.4) is 0 Å². The molecule has 0 radical (unpaired) electrons. The van der Waals surface area contributed by atoms with E-state index >= 15 is 0 Å². The zero-order chi connectivity index (χ0) is 20.5. The number of carbonyl (C=O) groups is 1. The van der Waals surface area contributed by atoms with Gasteiger partial charge in [-0.2, -0.15) is 5.10 Å². The number of nitrogens with zero attached hydrogens (tertiary/aromatic N) is 3. The normalized spacial score (nSPS) is 12.6. The molecule has 0 bridgehead atoms. The largest absolute Gasteiger partial charge is 0.507 e. The quantitative estimate of drug-likeness (QED) is 0.680. The lowest BCUT2D eigenvalue weighted by atomic mass is 10.1. The van der Waals surface area contributed by atoms with E-state index in [1.165, 1.54) is 30.6 Å². The maximum atomic E-state index is 14.7. The molecule has 1 N–H and O–H groups in total. The number of aromatic hydroxyl groups is 1. The summed E-state index contributed by atoms with van der Waals surface area (Å²) in [7, 11) is 0. The van der Waals surface area contributed by atoms with E-state index in [1.54, 1.807) is 10.7 Å². The van der Waals surface area contributed by atoms with Crippen LogP contribution >= 0.6 is 0 Å². The third kappa shape index (κ3) is 3.28. The molecule has 0 unspecified atom stereocenters. The summed E-state index contributed by atoms with van der Waals surface area (Å²) in [5.41, 5.74) is -0.213. The standard InChI is InChI=1S/C19H18FN3O3/c1-12(2)23-16(7-9-22-23)19-14(15(20)6-8-21-19)11-26-18-5-3-4-17(25)13(18)10-24/h3-10,12,25H,11H2,1-2H3/i11D2. The lowest BCUT2D eigenvalue weighted by molar-refractivity contribution is 0.111. The number of phenolic OH excluding ortho intramolecular Hbond substituents is 1. The van der Waals surface area contributed by atoms with E-state index in [4.69, 9.17) is 7.48 Å².